The number of ether oxygens (including phenoxy) is 2. The predicted octanol–water partition coefficient (Wildman–Crippen LogP) is 1.30. The quantitative estimate of drug-likeness (QED) is 0.602. The number of aryl methyl sites for hydroxylation is 1. The van der Waals surface area contributed by atoms with E-state index in [1.807, 2.05) is 13.0 Å². The first-order valence-corrected chi connectivity index (χ1v) is 4.58. The Kier molecular flexibility index (Phi) is 3.55. The van der Waals surface area contributed by atoms with Gasteiger partial charge in [0.1, 0.15) is 5.75 Å². The van der Waals surface area contributed by atoms with Gasteiger partial charge in [0.15, 0.2) is 0 Å². The number of esters is 1. The molecule has 1 aromatic rings. The molecule has 4 heteroatoms. The van der Waals surface area contributed by atoms with Crippen LogP contribution in [0.5, 0.6) is 5.75 Å². The minimum Gasteiger partial charge on any atom is -0.495 e. The number of carbonyl (C=O) groups excluding carboxylic acids is 1. The third kappa shape index (κ3) is 2.62. The first-order chi connectivity index (χ1) is 7.08. The monoisotopic (exact) mass is 209 g/mol. The van der Waals surface area contributed by atoms with Gasteiger partial charge in [0.25, 0.3) is 0 Å². The average Bonchev–Trinajstić information content (AvgIpc) is 2.22. The number of nitrogen functional groups attached to an aromatic ring is 1. The third-order valence-electron chi connectivity index (χ3n) is 2.25. The highest BCUT2D eigenvalue weighted by atomic mass is 16.5. The molecule has 2 N–H and O–H groups in total. The maximum Gasteiger partial charge on any atom is 0.309 e. The highest BCUT2D eigenvalue weighted by Gasteiger charge is 2.09. The van der Waals surface area contributed by atoms with Crippen molar-refractivity contribution in [3.63, 3.8) is 0 Å². The number of hydrogen-bond donors (Lipinski definition) is 1. The van der Waals surface area contributed by atoms with Crippen LogP contribution in [0.1, 0.15) is 11.1 Å². The molecule has 0 saturated heterocycles. The van der Waals surface area contributed by atoms with Gasteiger partial charge in [0.2, 0.25) is 0 Å². The fourth-order valence-corrected chi connectivity index (χ4v) is 1.34. The van der Waals surface area contributed by atoms with Gasteiger partial charge in [-0.3, -0.25) is 4.79 Å². The van der Waals surface area contributed by atoms with E-state index in [1.165, 1.54) is 7.11 Å². The molecule has 0 fully saturated rings. The second-order valence-corrected chi connectivity index (χ2v) is 3.27. The maximum atomic E-state index is 11.1. The Balaban J connectivity index is 3.00. The molecule has 1 aromatic carbocycles. The molecule has 0 aliphatic heterocycles. The Morgan fingerprint density at radius 1 is 1.40 bits per heavy atom. The van der Waals surface area contributed by atoms with Crippen LogP contribution in [0.3, 0.4) is 0 Å². The predicted molar refractivity (Wildman–Crippen MR) is 57.9 cm³/mol. The van der Waals surface area contributed by atoms with Crippen LogP contribution in [0, 0.1) is 6.92 Å². The molecule has 0 saturated carbocycles. The van der Waals surface area contributed by atoms with E-state index in [9.17, 15) is 4.79 Å². The summed E-state index contributed by atoms with van der Waals surface area (Å²) in [5.74, 6) is 0.351. The maximum absolute atomic E-state index is 11.1. The summed E-state index contributed by atoms with van der Waals surface area (Å²) in [7, 11) is 2.93. The first-order valence-electron chi connectivity index (χ1n) is 4.58. The lowest BCUT2D eigenvalue weighted by atomic mass is 10.0. The van der Waals surface area contributed by atoms with E-state index in [0.717, 1.165) is 11.1 Å². The summed E-state index contributed by atoms with van der Waals surface area (Å²) in [6, 6.07) is 3.55. The Morgan fingerprint density at radius 3 is 2.60 bits per heavy atom. The number of methoxy groups -OCH3 is 2. The van der Waals surface area contributed by atoms with E-state index in [2.05, 4.69) is 4.74 Å². The Labute approximate surface area is 89.0 Å². The van der Waals surface area contributed by atoms with Gasteiger partial charge in [-0.15, -0.1) is 0 Å². The number of carbonyl (C=O) groups is 1. The lowest BCUT2D eigenvalue weighted by Gasteiger charge is -2.10. The lowest BCUT2D eigenvalue weighted by molar-refractivity contribution is -0.139. The summed E-state index contributed by atoms with van der Waals surface area (Å²) in [6.45, 7) is 1.90. The fraction of sp³-hybridized carbons (Fsp3) is 0.364. The molecule has 4 nitrogen and oxygen atoms in total. The van der Waals surface area contributed by atoms with Crippen LogP contribution in [-0.4, -0.2) is 20.2 Å². The fourth-order valence-electron chi connectivity index (χ4n) is 1.34. The zero-order valence-electron chi connectivity index (χ0n) is 9.16. The van der Waals surface area contributed by atoms with Crippen LogP contribution in [-0.2, 0) is 16.0 Å². The van der Waals surface area contributed by atoms with E-state index in [0.29, 0.717) is 11.4 Å². The van der Waals surface area contributed by atoms with Crippen molar-refractivity contribution in [1.82, 2.24) is 0 Å². The summed E-state index contributed by atoms with van der Waals surface area (Å²) in [5.41, 5.74) is 8.10. The molecule has 0 heterocycles. The molecule has 82 valence electrons. The second-order valence-electron chi connectivity index (χ2n) is 3.27. The molecule has 0 bridgehead atoms. The van der Waals surface area contributed by atoms with E-state index in [4.69, 9.17) is 10.5 Å². The highest BCUT2D eigenvalue weighted by Crippen LogP contribution is 2.25. The van der Waals surface area contributed by atoms with E-state index in [-0.39, 0.29) is 12.4 Å². The molecule has 0 amide bonds. The number of hydrogen-bond acceptors (Lipinski definition) is 4. The van der Waals surface area contributed by atoms with Gasteiger partial charge in [0.05, 0.1) is 26.3 Å². The number of benzene rings is 1. The van der Waals surface area contributed by atoms with E-state index in [1.54, 1.807) is 13.2 Å². The first kappa shape index (κ1) is 11.4. The number of anilines is 1. The summed E-state index contributed by atoms with van der Waals surface area (Å²) < 4.78 is 9.67. The average molecular weight is 209 g/mol. The zero-order valence-corrected chi connectivity index (χ0v) is 9.16. The SMILES string of the molecule is COC(=O)Cc1cc(N)c(OC)cc1C. The molecule has 0 spiro atoms. The van der Waals surface area contributed by atoms with Crippen LogP contribution in [0.15, 0.2) is 12.1 Å². The molecule has 0 atom stereocenters. The van der Waals surface area contributed by atoms with E-state index < -0.39 is 0 Å². The number of nitrogens with two attached hydrogens (primary N) is 1. The Bertz CT molecular complexity index is 374. The molecular weight excluding hydrogens is 194 g/mol. The van der Waals surface area contributed by atoms with E-state index >= 15 is 0 Å². The van der Waals surface area contributed by atoms with Gasteiger partial charge >= 0.3 is 5.97 Å². The summed E-state index contributed by atoms with van der Waals surface area (Å²) in [5, 5.41) is 0. The van der Waals surface area contributed by atoms with Crippen LogP contribution >= 0.6 is 0 Å². The topological polar surface area (TPSA) is 61.5 Å². The minimum absolute atomic E-state index is 0.233. The normalized spacial score (nSPS) is 9.80. The van der Waals surface area contributed by atoms with Gasteiger partial charge < -0.3 is 15.2 Å². The Hall–Kier alpha value is -1.71. The van der Waals surface area contributed by atoms with Crippen molar-refractivity contribution in [1.29, 1.82) is 0 Å². The zero-order chi connectivity index (χ0) is 11.4. The van der Waals surface area contributed by atoms with Crippen LogP contribution in [0.4, 0.5) is 5.69 Å². The van der Waals surface area contributed by atoms with Crippen molar-refractivity contribution in [3.8, 4) is 5.75 Å². The molecule has 0 aromatic heterocycles. The van der Waals surface area contributed by atoms with Crippen molar-refractivity contribution in [2.45, 2.75) is 13.3 Å². The smallest absolute Gasteiger partial charge is 0.309 e. The second kappa shape index (κ2) is 4.68. The molecule has 0 aliphatic carbocycles. The van der Waals surface area contributed by atoms with Crippen LogP contribution in [0.25, 0.3) is 0 Å². The van der Waals surface area contributed by atoms with Crippen molar-refractivity contribution in [2.75, 3.05) is 20.0 Å². The third-order valence-corrected chi connectivity index (χ3v) is 2.25. The molecule has 1 rings (SSSR count). The van der Waals surface area contributed by atoms with Gasteiger partial charge in [-0.1, -0.05) is 0 Å². The van der Waals surface area contributed by atoms with Crippen LogP contribution < -0.4 is 10.5 Å². The van der Waals surface area contributed by atoms with Crippen molar-refractivity contribution in [2.24, 2.45) is 0 Å². The van der Waals surface area contributed by atoms with Gasteiger partial charge in [0, 0.05) is 0 Å². The van der Waals surface area contributed by atoms with Gasteiger partial charge in [-0.25, -0.2) is 0 Å². The lowest BCUT2D eigenvalue weighted by Crippen LogP contribution is -2.07. The standard InChI is InChI=1S/C11H15NO3/c1-7-4-10(14-2)9(12)5-8(7)6-11(13)15-3/h4-5H,6,12H2,1-3H3. The molecule has 0 unspecified atom stereocenters. The highest BCUT2D eigenvalue weighted by molar-refractivity contribution is 5.74. The molecule has 15 heavy (non-hydrogen) atoms. The van der Waals surface area contributed by atoms with Gasteiger partial charge in [-0.05, 0) is 30.2 Å². The summed E-state index contributed by atoms with van der Waals surface area (Å²) in [6.07, 6.45) is 0.233. The minimum atomic E-state index is -0.275. The molecular formula is C11H15NO3. The van der Waals surface area contributed by atoms with Crippen molar-refractivity contribution >= 4 is 11.7 Å². The Morgan fingerprint density at radius 2 is 2.07 bits per heavy atom. The van der Waals surface area contributed by atoms with Crippen molar-refractivity contribution < 1.29 is 14.3 Å². The van der Waals surface area contributed by atoms with Crippen molar-refractivity contribution in [3.05, 3.63) is 23.3 Å². The number of rotatable bonds is 3. The van der Waals surface area contributed by atoms with Gasteiger partial charge in [-0.2, -0.15) is 0 Å². The van der Waals surface area contributed by atoms with Crippen LogP contribution in [0.2, 0.25) is 0 Å². The summed E-state index contributed by atoms with van der Waals surface area (Å²) in [4.78, 5) is 11.1. The molecule has 0 radical (unpaired) electrons. The molecule has 0 aliphatic rings. The summed E-state index contributed by atoms with van der Waals surface area (Å²) >= 11 is 0. The largest absolute Gasteiger partial charge is 0.495 e.